The van der Waals surface area contributed by atoms with E-state index in [2.05, 4.69) is 4.98 Å². The molecule has 3 rings (SSSR count). The number of aromatic nitrogens is 1. The topological polar surface area (TPSA) is 53.5 Å². The predicted molar refractivity (Wildman–Crippen MR) is 85.4 cm³/mol. The molecule has 0 saturated carbocycles. The lowest BCUT2D eigenvalue weighted by Gasteiger charge is -2.34. The van der Waals surface area contributed by atoms with Crippen molar-refractivity contribution in [2.24, 2.45) is 0 Å². The van der Waals surface area contributed by atoms with Crippen LogP contribution in [0.4, 0.5) is 13.2 Å². The zero-order valence-corrected chi connectivity index (χ0v) is 13.8. The molecule has 9 heteroatoms. The summed E-state index contributed by atoms with van der Waals surface area (Å²) in [5, 5.41) is 1.67. The summed E-state index contributed by atoms with van der Waals surface area (Å²) >= 11 is 1.33. The number of hydrogen-bond donors (Lipinski definition) is 0. The highest BCUT2D eigenvalue weighted by Crippen LogP contribution is 2.29. The fourth-order valence-corrected chi connectivity index (χ4v) is 3.10. The lowest BCUT2D eigenvalue weighted by atomic mass is 10.1. The molecule has 0 atom stereocenters. The van der Waals surface area contributed by atoms with Gasteiger partial charge in [-0.15, -0.1) is 11.3 Å². The van der Waals surface area contributed by atoms with Crippen molar-refractivity contribution in [1.29, 1.82) is 0 Å². The van der Waals surface area contributed by atoms with Gasteiger partial charge in [0.2, 0.25) is 0 Å². The van der Waals surface area contributed by atoms with E-state index in [-0.39, 0.29) is 17.4 Å². The van der Waals surface area contributed by atoms with Crippen molar-refractivity contribution in [3.05, 3.63) is 52.0 Å². The molecule has 2 amide bonds. The number of piperazine rings is 1. The first-order chi connectivity index (χ1) is 11.9. The second-order valence-corrected chi connectivity index (χ2v) is 6.25. The van der Waals surface area contributed by atoms with Crippen LogP contribution in [0.25, 0.3) is 0 Å². The molecule has 2 heterocycles. The van der Waals surface area contributed by atoms with Gasteiger partial charge < -0.3 is 9.80 Å². The normalized spacial score (nSPS) is 15.3. The standard InChI is InChI=1S/C16H14F3N3O2S/c17-16(18,19)12-3-1-11(2-4-12)14(23)21-5-7-22(8-6-21)15(24)13-9-25-10-20-13/h1-4,9-10H,5-8H2. The van der Waals surface area contributed by atoms with Crippen LogP contribution in [0.3, 0.4) is 0 Å². The Labute approximate surface area is 145 Å². The van der Waals surface area contributed by atoms with Crippen LogP contribution in [-0.2, 0) is 6.18 Å². The van der Waals surface area contributed by atoms with Crippen molar-refractivity contribution in [2.45, 2.75) is 6.18 Å². The lowest BCUT2D eigenvalue weighted by Crippen LogP contribution is -2.50. The average molecular weight is 369 g/mol. The van der Waals surface area contributed by atoms with E-state index in [1.807, 2.05) is 0 Å². The maximum atomic E-state index is 12.6. The predicted octanol–water partition coefficient (Wildman–Crippen LogP) is 2.76. The molecule has 0 bridgehead atoms. The first kappa shape index (κ1) is 17.4. The highest BCUT2D eigenvalue weighted by molar-refractivity contribution is 7.07. The number of halogens is 3. The number of rotatable bonds is 2. The summed E-state index contributed by atoms with van der Waals surface area (Å²) in [6.07, 6.45) is -4.43. The summed E-state index contributed by atoms with van der Waals surface area (Å²) in [6.45, 7) is 1.39. The van der Waals surface area contributed by atoms with Gasteiger partial charge in [0.15, 0.2) is 0 Å². The van der Waals surface area contributed by atoms with Crippen LogP contribution >= 0.6 is 11.3 Å². The van der Waals surface area contributed by atoms with Gasteiger partial charge in [0, 0.05) is 37.1 Å². The van der Waals surface area contributed by atoms with Gasteiger partial charge in [-0.05, 0) is 24.3 Å². The molecular formula is C16H14F3N3O2S. The van der Waals surface area contributed by atoms with Gasteiger partial charge in [-0.25, -0.2) is 4.98 Å². The van der Waals surface area contributed by atoms with Crippen LogP contribution < -0.4 is 0 Å². The molecule has 25 heavy (non-hydrogen) atoms. The number of thiazole rings is 1. The van der Waals surface area contributed by atoms with Crippen LogP contribution in [0.15, 0.2) is 35.2 Å². The molecule has 0 radical (unpaired) electrons. The third-order valence-corrected chi connectivity index (χ3v) is 4.55. The zero-order chi connectivity index (χ0) is 18.0. The van der Waals surface area contributed by atoms with Crippen LogP contribution in [0.1, 0.15) is 26.4 Å². The first-order valence-corrected chi connectivity index (χ1v) is 8.44. The van der Waals surface area contributed by atoms with Gasteiger partial charge in [-0.2, -0.15) is 13.2 Å². The molecule has 1 aromatic heterocycles. The van der Waals surface area contributed by atoms with Crippen LogP contribution in [0.2, 0.25) is 0 Å². The summed E-state index contributed by atoms with van der Waals surface area (Å²) in [5.41, 5.74) is 1.37. The Balaban J connectivity index is 1.61. The van der Waals surface area contributed by atoms with Gasteiger partial charge >= 0.3 is 6.18 Å². The van der Waals surface area contributed by atoms with Crippen molar-refractivity contribution < 1.29 is 22.8 Å². The average Bonchev–Trinajstić information content (AvgIpc) is 3.14. The number of alkyl halides is 3. The molecule has 1 aliphatic rings. The molecule has 132 valence electrons. The fraction of sp³-hybridized carbons (Fsp3) is 0.312. The monoisotopic (exact) mass is 369 g/mol. The molecule has 0 aliphatic carbocycles. The maximum absolute atomic E-state index is 12.6. The second kappa shape index (κ2) is 6.83. The molecule has 2 aromatic rings. The Bertz CT molecular complexity index is 752. The maximum Gasteiger partial charge on any atom is 0.416 e. The van der Waals surface area contributed by atoms with Gasteiger partial charge in [-0.1, -0.05) is 0 Å². The number of hydrogen-bond acceptors (Lipinski definition) is 4. The van der Waals surface area contributed by atoms with Crippen molar-refractivity contribution in [3.63, 3.8) is 0 Å². The molecule has 0 spiro atoms. The molecule has 0 N–H and O–H groups in total. The zero-order valence-electron chi connectivity index (χ0n) is 13.0. The van der Waals surface area contributed by atoms with E-state index < -0.39 is 11.7 Å². The van der Waals surface area contributed by atoms with Crippen molar-refractivity contribution in [3.8, 4) is 0 Å². The molecule has 1 aromatic carbocycles. The van der Waals surface area contributed by atoms with Crippen molar-refractivity contribution in [2.75, 3.05) is 26.2 Å². The quantitative estimate of drug-likeness (QED) is 0.818. The van der Waals surface area contributed by atoms with Gasteiger partial charge in [0.05, 0.1) is 11.1 Å². The Kier molecular flexibility index (Phi) is 4.76. The van der Waals surface area contributed by atoms with Crippen molar-refractivity contribution in [1.82, 2.24) is 14.8 Å². The minimum atomic E-state index is -4.43. The molecule has 1 aliphatic heterocycles. The minimum absolute atomic E-state index is 0.178. The second-order valence-electron chi connectivity index (χ2n) is 5.53. The van der Waals surface area contributed by atoms with Crippen LogP contribution in [0, 0.1) is 0 Å². The van der Waals surface area contributed by atoms with Gasteiger partial charge in [-0.3, -0.25) is 9.59 Å². The molecular weight excluding hydrogens is 355 g/mol. The number of carbonyl (C=O) groups is 2. The highest BCUT2D eigenvalue weighted by atomic mass is 32.1. The van der Waals surface area contributed by atoms with E-state index in [0.29, 0.717) is 31.9 Å². The largest absolute Gasteiger partial charge is 0.416 e. The highest BCUT2D eigenvalue weighted by Gasteiger charge is 2.31. The van der Waals surface area contributed by atoms with Crippen LogP contribution in [-0.4, -0.2) is 52.8 Å². The van der Waals surface area contributed by atoms with E-state index in [1.54, 1.807) is 15.8 Å². The van der Waals surface area contributed by atoms with Crippen molar-refractivity contribution >= 4 is 23.2 Å². The molecule has 0 unspecified atom stereocenters. The third-order valence-electron chi connectivity index (χ3n) is 3.96. The number of carbonyl (C=O) groups excluding carboxylic acids is 2. The first-order valence-electron chi connectivity index (χ1n) is 7.50. The molecule has 1 fully saturated rings. The summed E-state index contributed by atoms with van der Waals surface area (Å²) in [4.78, 5) is 31.7. The number of benzene rings is 1. The smallest absolute Gasteiger partial charge is 0.335 e. The Morgan fingerprint density at radius 3 is 2.00 bits per heavy atom. The summed E-state index contributed by atoms with van der Waals surface area (Å²) in [5.74, 6) is -0.516. The Morgan fingerprint density at radius 2 is 1.52 bits per heavy atom. The lowest BCUT2D eigenvalue weighted by molar-refractivity contribution is -0.137. The fourth-order valence-electron chi connectivity index (χ4n) is 2.58. The summed E-state index contributed by atoms with van der Waals surface area (Å²) in [7, 11) is 0. The number of amides is 2. The molecule has 1 saturated heterocycles. The Morgan fingerprint density at radius 1 is 0.960 bits per heavy atom. The van der Waals surface area contributed by atoms with E-state index in [9.17, 15) is 22.8 Å². The van der Waals surface area contributed by atoms with Crippen LogP contribution in [0.5, 0.6) is 0 Å². The SMILES string of the molecule is O=C(c1ccc(C(F)(F)F)cc1)N1CCN(C(=O)c2cscn2)CC1. The minimum Gasteiger partial charge on any atom is -0.335 e. The third kappa shape index (κ3) is 3.81. The molecule has 5 nitrogen and oxygen atoms in total. The van der Waals surface area contributed by atoms with E-state index in [1.165, 1.54) is 28.4 Å². The number of nitrogens with zero attached hydrogens (tertiary/aromatic N) is 3. The Hall–Kier alpha value is -2.42. The van der Waals surface area contributed by atoms with E-state index in [0.717, 1.165) is 12.1 Å². The summed E-state index contributed by atoms with van der Waals surface area (Å²) in [6, 6.07) is 4.15. The van der Waals surface area contributed by atoms with Gasteiger partial charge in [0.25, 0.3) is 11.8 Å². The summed E-state index contributed by atoms with van der Waals surface area (Å²) < 4.78 is 37.7. The van der Waals surface area contributed by atoms with E-state index in [4.69, 9.17) is 0 Å². The van der Waals surface area contributed by atoms with E-state index >= 15 is 0 Å². The van der Waals surface area contributed by atoms with Gasteiger partial charge in [0.1, 0.15) is 5.69 Å².